The number of hydrogen-bond acceptors (Lipinski definition) is 4. The molecule has 0 amide bonds. The first kappa shape index (κ1) is 9.38. The van der Waals surface area contributed by atoms with Crippen LogP contribution in [0.5, 0.6) is 0 Å². The van der Waals surface area contributed by atoms with Gasteiger partial charge in [0.25, 0.3) is 0 Å². The summed E-state index contributed by atoms with van der Waals surface area (Å²) < 4.78 is 4.79. The van der Waals surface area contributed by atoms with Crippen molar-refractivity contribution in [3.8, 4) is 0 Å². The molecule has 0 aliphatic carbocycles. The molecule has 0 heterocycles. The lowest BCUT2D eigenvalue weighted by atomic mass is 10.2. The molecule has 68 valence electrons. The zero-order chi connectivity index (χ0) is 9.68. The van der Waals surface area contributed by atoms with Crippen molar-refractivity contribution in [1.82, 2.24) is 0 Å². The van der Waals surface area contributed by atoms with Gasteiger partial charge in [-0.05, 0) is 31.2 Å². The highest BCUT2D eigenvalue weighted by molar-refractivity contribution is 5.89. The van der Waals surface area contributed by atoms with E-state index in [1.807, 2.05) is 0 Å². The highest BCUT2D eigenvalue weighted by Gasteiger charge is 2.04. The molecule has 1 aromatic rings. The number of rotatable bonds is 3. The molecule has 4 nitrogen and oxygen atoms in total. The molecular weight excluding hydrogens is 168 g/mol. The molecule has 13 heavy (non-hydrogen) atoms. The summed E-state index contributed by atoms with van der Waals surface area (Å²) in [6, 6.07) is 6.37. The van der Waals surface area contributed by atoms with Crippen LogP contribution in [-0.4, -0.2) is 12.6 Å². The van der Waals surface area contributed by atoms with E-state index in [4.69, 9.17) is 10.3 Å². The maximum absolute atomic E-state index is 11.1. The third kappa shape index (κ3) is 2.37. The van der Waals surface area contributed by atoms with E-state index in [0.717, 1.165) is 0 Å². The Labute approximate surface area is 76.0 Å². The van der Waals surface area contributed by atoms with Crippen LogP contribution in [0.2, 0.25) is 0 Å². The molecule has 0 aliphatic heterocycles. The minimum Gasteiger partial charge on any atom is -0.462 e. The summed E-state index contributed by atoms with van der Waals surface area (Å²) >= 11 is 0. The zero-order valence-corrected chi connectivity index (χ0v) is 7.28. The van der Waals surface area contributed by atoms with E-state index in [1.165, 1.54) is 0 Å². The Hall–Kier alpha value is -1.71. The van der Waals surface area contributed by atoms with Crippen molar-refractivity contribution in [2.24, 2.45) is 5.11 Å². The van der Waals surface area contributed by atoms with Gasteiger partial charge in [0.05, 0.1) is 17.9 Å². The predicted molar refractivity (Wildman–Crippen MR) is 47.2 cm³/mol. The van der Waals surface area contributed by atoms with Crippen LogP contribution in [0.4, 0.5) is 5.69 Å². The Kier molecular flexibility index (Phi) is 3.14. The molecular formula is C9H10N2O2. The smallest absolute Gasteiger partial charge is 0.338 e. The SMILES string of the molecule is CCOC(=O)c1ccc(N=N)cc1. The number of nitrogens with zero attached hydrogens (tertiary/aromatic N) is 1. The van der Waals surface area contributed by atoms with Gasteiger partial charge in [-0.15, -0.1) is 0 Å². The maximum atomic E-state index is 11.1. The second kappa shape index (κ2) is 4.35. The first-order valence-corrected chi connectivity index (χ1v) is 3.92. The van der Waals surface area contributed by atoms with Gasteiger partial charge in [0.1, 0.15) is 0 Å². The summed E-state index contributed by atoms with van der Waals surface area (Å²) in [6.07, 6.45) is 0. The van der Waals surface area contributed by atoms with E-state index in [0.29, 0.717) is 17.9 Å². The van der Waals surface area contributed by atoms with Gasteiger partial charge in [-0.1, -0.05) is 0 Å². The number of nitrogens with one attached hydrogen (secondary N) is 1. The van der Waals surface area contributed by atoms with Crippen molar-refractivity contribution in [1.29, 1.82) is 5.53 Å². The molecule has 0 aromatic heterocycles. The minimum absolute atomic E-state index is 0.348. The number of benzene rings is 1. The lowest BCUT2D eigenvalue weighted by Gasteiger charge is -2.00. The number of esters is 1. The zero-order valence-electron chi connectivity index (χ0n) is 7.28. The van der Waals surface area contributed by atoms with Crippen molar-refractivity contribution >= 4 is 11.7 Å². The molecule has 1 aromatic carbocycles. The summed E-state index contributed by atoms with van der Waals surface area (Å²) in [5.74, 6) is -0.348. The van der Waals surface area contributed by atoms with Gasteiger partial charge in [0, 0.05) is 0 Å². The molecule has 0 saturated heterocycles. The molecule has 0 atom stereocenters. The summed E-state index contributed by atoms with van der Waals surface area (Å²) in [5, 5.41) is 3.21. The first-order chi connectivity index (χ1) is 6.27. The molecule has 0 fully saturated rings. The van der Waals surface area contributed by atoms with Gasteiger partial charge in [0.15, 0.2) is 0 Å². The molecule has 4 heteroatoms. The maximum Gasteiger partial charge on any atom is 0.338 e. The van der Waals surface area contributed by atoms with Crippen molar-refractivity contribution < 1.29 is 9.53 Å². The largest absolute Gasteiger partial charge is 0.462 e. The van der Waals surface area contributed by atoms with Gasteiger partial charge in [0.2, 0.25) is 0 Å². The lowest BCUT2D eigenvalue weighted by molar-refractivity contribution is 0.0526. The summed E-state index contributed by atoms with van der Waals surface area (Å²) in [7, 11) is 0. The van der Waals surface area contributed by atoms with Gasteiger partial charge >= 0.3 is 5.97 Å². The van der Waals surface area contributed by atoms with E-state index in [-0.39, 0.29) is 5.97 Å². The number of carbonyl (C=O) groups is 1. The molecule has 0 bridgehead atoms. The number of ether oxygens (including phenoxy) is 1. The molecule has 1 N–H and O–H groups in total. The first-order valence-electron chi connectivity index (χ1n) is 3.92. The van der Waals surface area contributed by atoms with Crippen LogP contribution in [0.25, 0.3) is 0 Å². The lowest BCUT2D eigenvalue weighted by Crippen LogP contribution is -2.03. The van der Waals surface area contributed by atoms with E-state index >= 15 is 0 Å². The third-order valence-electron chi connectivity index (χ3n) is 1.51. The van der Waals surface area contributed by atoms with E-state index < -0.39 is 0 Å². The number of carbonyl (C=O) groups excluding carboxylic acids is 1. The molecule has 0 spiro atoms. The van der Waals surface area contributed by atoms with Gasteiger partial charge in [-0.3, -0.25) is 0 Å². The van der Waals surface area contributed by atoms with Crippen LogP contribution in [-0.2, 0) is 4.74 Å². The van der Waals surface area contributed by atoms with Gasteiger partial charge < -0.3 is 4.74 Å². The molecule has 0 aliphatic rings. The second-order valence-corrected chi connectivity index (χ2v) is 2.38. The fraction of sp³-hybridized carbons (Fsp3) is 0.222. The molecule has 1 rings (SSSR count). The van der Waals surface area contributed by atoms with Crippen LogP contribution in [0, 0.1) is 5.53 Å². The van der Waals surface area contributed by atoms with Crippen LogP contribution in [0.15, 0.2) is 29.4 Å². The van der Waals surface area contributed by atoms with Crippen molar-refractivity contribution in [3.63, 3.8) is 0 Å². The van der Waals surface area contributed by atoms with E-state index in [1.54, 1.807) is 31.2 Å². The van der Waals surface area contributed by atoms with Crippen LogP contribution in [0.3, 0.4) is 0 Å². The van der Waals surface area contributed by atoms with Crippen LogP contribution in [0.1, 0.15) is 17.3 Å². The second-order valence-electron chi connectivity index (χ2n) is 2.38. The van der Waals surface area contributed by atoms with Crippen molar-refractivity contribution in [2.75, 3.05) is 6.61 Å². The van der Waals surface area contributed by atoms with E-state index in [9.17, 15) is 4.79 Å². The summed E-state index contributed by atoms with van der Waals surface area (Å²) in [4.78, 5) is 11.1. The van der Waals surface area contributed by atoms with E-state index in [2.05, 4.69) is 5.11 Å². The highest BCUT2D eigenvalue weighted by atomic mass is 16.5. The Bertz CT molecular complexity index is 306. The Morgan fingerprint density at radius 3 is 2.54 bits per heavy atom. The minimum atomic E-state index is -0.348. The average molecular weight is 178 g/mol. The predicted octanol–water partition coefficient (Wildman–Crippen LogP) is 2.53. The van der Waals surface area contributed by atoms with Crippen molar-refractivity contribution in [2.45, 2.75) is 6.92 Å². The normalized spacial score (nSPS) is 9.31. The van der Waals surface area contributed by atoms with Gasteiger partial charge in [-0.2, -0.15) is 5.11 Å². The Morgan fingerprint density at radius 2 is 2.08 bits per heavy atom. The topological polar surface area (TPSA) is 62.5 Å². The average Bonchev–Trinajstić information content (AvgIpc) is 2.18. The number of hydrogen-bond donors (Lipinski definition) is 1. The Morgan fingerprint density at radius 1 is 1.46 bits per heavy atom. The quantitative estimate of drug-likeness (QED) is 0.571. The Balaban J connectivity index is 2.79. The fourth-order valence-electron chi connectivity index (χ4n) is 0.886. The van der Waals surface area contributed by atoms with Crippen molar-refractivity contribution in [3.05, 3.63) is 29.8 Å². The molecule has 0 unspecified atom stereocenters. The summed E-state index contributed by atoms with van der Waals surface area (Å²) in [6.45, 7) is 2.12. The monoisotopic (exact) mass is 178 g/mol. The summed E-state index contributed by atoms with van der Waals surface area (Å²) in [5.41, 5.74) is 7.71. The van der Waals surface area contributed by atoms with Gasteiger partial charge in [-0.25, -0.2) is 10.3 Å². The molecule has 0 radical (unpaired) electrons. The third-order valence-corrected chi connectivity index (χ3v) is 1.51. The molecule has 0 saturated carbocycles. The highest BCUT2D eigenvalue weighted by Crippen LogP contribution is 2.12. The van der Waals surface area contributed by atoms with Crippen LogP contribution < -0.4 is 0 Å². The standard InChI is InChI=1S/C9H10N2O2/c1-2-13-9(12)7-3-5-8(11-10)6-4-7/h3-6,10H,2H2,1H3. The van der Waals surface area contributed by atoms with Crippen LogP contribution >= 0.6 is 0 Å². The fourth-order valence-corrected chi connectivity index (χ4v) is 0.886.